The number of carbonyl (C=O) groups is 1. The van der Waals surface area contributed by atoms with Gasteiger partial charge in [-0.25, -0.2) is 4.79 Å². The number of hydrogen-bond acceptors (Lipinski definition) is 4. The van der Waals surface area contributed by atoms with Crippen molar-refractivity contribution in [2.75, 3.05) is 13.7 Å². The van der Waals surface area contributed by atoms with E-state index in [9.17, 15) is 9.90 Å². The molecule has 1 saturated carbocycles. The summed E-state index contributed by atoms with van der Waals surface area (Å²) in [6.07, 6.45) is 6.40. The van der Waals surface area contributed by atoms with Crippen LogP contribution in [0.3, 0.4) is 0 Å². The van der Waals surface area contributed by atoms with Gasteiger partial charge in [0, 0.05) is 18.8 Å². The lowest BCUT2D eigenvalue weighted by Gasteiger charge is -2.26. The molecule has 0 unspecified atom stereocenters. The Labute approximate surface area is 119 Å². The number of H-pyrrole nitrogens is 1. The van der Waals surface area contributed by atoms with Gasteiger partial charge in [0.1, 0.15) is 5.69 Å². The lowest BCUT2D eigenvalue weighted by atomic mass is 9.94. The van der Waals surface area contributed by atoms with Crippen LogP contribution in [-0.4, -0.2) is 35.3 Å². The summed E-state index contributed by atoms with van der Waals surface area (Å²) < 4.78 is 4.65. The molecule has 112 valence electrons. The fourth-order valence-electron chi connectivity index (χ4n) is 2.77. The molecular weight excluding hydrogens is 256 g/mol. The van der Waals surface area contributed by atoms with E-state index in [0.29, 0.717) is 18.8 Å². The third-order valence-electron chi connectivity index (χ3n) is 3.96. The van der Waals surface area contributed by atoms with Crippen LogP contribution in [0.15, 0.2) is 12.1 Å². The molecule has 0 aromatic carbocycles. The van der Waals surface area contributed by atoms with E-state index < -0.39 is 5.60 Å². The number of esters is 1. The van der Waals surface area contributed by atoms with E-state index in [1.165, 1.54) is 20.0 Å². The van der Waals surface area contributed by atoms with E-state index in [4.69, 9.17) is 0 Å². The van der Waals surface area contributed by atoms with Crippen molar-refractivity contribution < 1.29 is 14.6 Å². The molecule has 1 aromatic heterocycles. The summed E-state index contributed by atoms with van der Waals surface area (Å²) in [6.45, 7) is 1.21. The number of aromatic nitrogens is 1. The number of hydrogen-bond donors (Lipinski definition) is 3. The Kier molecular flexibility index (Phi) is 5.20. The highest BCUT2D eigenvalue weighted by Crippen LogP contribution is 2.26. The highest BCUT2D eigenvalue weighted by molar-refractivity contribution is 5.87. The highest BCUT2D eigenvalue weighted by atomic mass is 16.5. The van der Waals surface area contributed by atoms with Crippen LogP contribution >= 0.6 is 0 Å². The number of nitrogens with one attached hydrogen (secondary N) is 2. The van der Waals surface area contributed by atoms with Crippen LogP contribution in [0.5, 0.6) is 0 Å². The average Bonchev–Trinajstić information content (AvgIpc) is 2.80. The minimum atomic E-state index is -0.575. The number of aromatic amines is 1. The molecule has 0 saturated heterocycles. The Morgan fingerprint density at radius 1 is 1.35 bits per heavy atom. The second-order valence-corrected chi connectivity index (χ2v) is 5.63. The minimum Gasteiger partial charge on any atom is -0.464 e. The number of methoxy groups -OCH3 is 1. The largest absolute Gasteiger partial charge is 0.464 e. The average molecular weight is 280 g/mol. The zero-order chi connectivity index (χ0) is 14.4. The van der Waals surface area contributed by atoms with Crippen LogP contribution in [0.4, 0.5) is 0 Å². The van der Waals surface area contributed by atoms with Gasteiger partial charge >= 0.3 is 5.97 Å². The Morgan fingerprint density at radius 3 is 2.70 bits per heavy atom. The van der Waals surface area contributed by atoms with Crippen molar-refractivity contribution in [1.82, 2.24) is 10.3 Å². The van der Waals surface area contributed by atoms with E-state index >= 15 is 0 Å². The first kappa shape index (κ1) is 15.1. The molecule has 1 fully saturated rings. The summed E-state index contributed by atoms with van der Waals surface area (Å²) in [5.41, 5.74) is 0.800. The monoisotopic (exact) mass is 280 g/mol. The number of carbonyl (C=O) groups excluding carboxylic acids is 1. The van der Waals surface area contributed by atoms with Crippen molar-refractivity contribution in [1.29, 1.82) is 0 Å². The van der Waals surface area contributed by atoms with Gasteiger partial charge in [0.2, 0.25) is 0 Å². The molecule has 0 radical (unpaired) electrons. The summed E-state index contributed by atoms with van der Waals surface area (Å²) in [7, 11) is 1.36. The van der Waals surface area contributed by atoms with Gasteiger partial charge in [0.05, 0.1) is 12.7 Å². The number of ether oxygens (including phenoxy) is 1. The molecule has 0 amide bonds. The van der Waals surface area contributed by atoms with Crippen LogP contribution in [0, 0.1) is 0 Å². The van der Waals surface area contributed by atoms with Gasteiger partial charge in [-0.15, -0.1) is 0 Å². The zero-order valence-corrected chi connectivity index (χ0v) is 12.1. The molecule has 1 heterocycles. The summed E-state index contributed by atoms with van der Waals surface area (Å²) >= 11 is 0. The van der Waals surface area contributed by atoms with E-state index in [1.54, 1.807) is 6.07 Å². The van der Waals surface area contributed by atoms with Crippen molar-refractivity contribution in [3.8, 4) is 0 Å². The van der Waals surface area contributed by atoms with Crippen LogP contribution in [0.25, 0.3) is 0 Å². The first-order chi connectivity index (χ1) is 9.63. The number of aliphatic hydroxyl groups is 1. The number of rotatable bonds is 5. The Balaban J connectivity index is 1.80. The van der Waals surface area contributed by atoms with Gasteiger partial charge in [0.15, 0.2) is 0 Å². The molecule has 0 spiro atoms. The fraction of sp³-hybridized carbons (Fsp3) is 0.667. The Hall–Kier alpha value is -1.33. The van der Waals surface area contributed by atoms with E-state index in [0.717, 1.165) is 31.4 Å². The SMILES string of the molecule is COC(=O)c1ccc(CNCC2(O)CCCCCC2)[nH]1. The van der Waals surface area contributed by atoms with E-state index in [2.05, 4.69) is 15.0 Å². The van der Waals surface area contributed by atoms with Crippen LogP contribution in [0.1, 0.15) is 54.7 Å². The second-order valence-electron chi connectivity index (χ2n) is 5.63. The first-order valence-corrected chi connectivity index (χ1v) is 7.32. The smallest absolute Gasteiger partial charge is 0.354 e. The molecule has 0 aliphatic heterocycles. The topological polar surface area (TPSA) is 74.3 Å². The molecular formula is C15H24N2O3. The summed E-state index contributed by atoms with van der Waals surface area (Å²) in [5, 5.41) is 13.8. The van der Waals surface area contributed by atoms with Crippen molar-refractivity contribution in [2.24, 2.45) is 0 Å². The standard InChI is InChI=1S/C15H24N2O3/c1-20-14(18)13-7-6-12(17-13)10-16-11-15(19)8-4-2-3-5-9-15/h6-7,16-17,19H,2-5,8-11H2,1H3. The van der Waals surface area contributed by atoms with Crippen molar-refractivity contribution in [3.05, 3.63) is 23.5 Å². The molecule has 0 bridgehead atoms. The van der Waals surface area contributed by atoms with Gasteiger partial charge in [-0.1, -0.05) is 25.7 Å². The molecule has 1 aromatic rings. The summed E-state index contributed by atoms with van der Waals surface area (Å²) in [4.78, 5) is 14.3. The first-order valence-electron chi connectivity index (χ1n) is 7.32. The third kappa shape index (κ3) is 4.08. The van der Waals surface area contributed by atoms with Gasteiger partial charge in [-0.3, -0.25) is 0 Å². The molecule has 5 heteroatoms. The molecule has 0 atom stereocenters. The zero-order valence-electron chi connectivity index (χ0n) is 12.1. The van der Waals surface area contributed by atoms with Crippen molar-refractivity contribution in [3.63, 3.8) is 0 Å². The molecule has 5 nitrogen and oxygen atoms in total. The molecule has 3 N–H and O–H groups in total. The Bertz CT molecular complexity index is 434. The highest BCUT2D eigenvalue weighted by Gasteiger charge is 2.27. The van der Waals surface area contributed by atoms with Gasteiger partial charge in [-0.05, 0) is 25.0 Å². The van der Waals surface area contributed by atoms with Crippen LogP contribution in [-0.2, 0) is 11.3 Å². The van der Waals surface area contributed by atoms with E-state index in [1.807, 2.05) is 6.07 Å². The minimum absolute atomic E-state index is 0.362. The van der Waals surface area contributed by atoms with Crippen LogP contribution in [0.2, 0.25) is 0 Å². The molecule has 1 aliphatic carbocycles. The van der Waals surface area contributed by atoms with Crippen molar-refractivity contribution in [2.45, 2.75) is 50.7 Å². The maximum Gasteiger partial charge on any atom is 0.354 e. The maximum atomic E-state index is 11.3. The predicted octanol–water partition coefficient (Wildman–Crippen LogP) is 1.98. The molecule has 2 rings (SSSR count). The summed E-state index contributed by atoms with van der Waals surface area (Å²) in [5.74, 6) is -0.362. The van der Waals surface area contributed by atoms with Gasteiger partial charge < -0.3 is 20.1 Å². The van der Waals surface area contributed by atoms with Crippen molar-refractivity contribution >= 4 is 5.97 Å². The van der Waals surface area contributed by atoms with Gasteiger partial charge in [0.25, 0.3) is 0 Å². The van der Waals surface area contributed by atoms with Gasteiger partial charge in [-0.2, -0.15) is 0 Å². The fourth-order valence-corrected chi connectivity index (χ4v) is 2.77. The second kappa shape index (κ2) is 6.90. The maximum absolute atomic E-state index is 11.3. The normalized spacial score (nSPS) is 18.5. The summed E-state index contributed by atoms with van der Waals surface area (Å²) in [6, 6.07) is 3.57. The Morgan fingerprint density at radius 2 is 2.05 bits per heavy atom. The lowest BCUT2D eigenvalue weighted by molar-refractivity contribution is 0.0249. The third-order valence-corrected chi connectivity index (χ3v) is 3.96. The molecule has 20 heavy (non-hydrogen) atoms. The quantitative estimate of drug-likeness (QED) is 0.569. The lowest BCUT2D eigenvalue weighted by Crippen LogP contribution is -2.39. The molecule has 1 aliphatic rings. The predicted molar refractivity (Wildman–Crippen MR) is 76.5 cm³/mol. The van der Waals surface area contributed by atoms with E-state index in [-0.39, 0.29) is 5.97 Å². The van der Waals surface area contributed by atoms with Crippen LogP contribution < -0.4 is 5.32 Å².